The second-order valence-electron chi connectivity index (χ2n) is 10.8. The Labute approximate surface area is 253 Å². The third kappa shape index (κ3) is 6.26. The van der Waals surface area contributed by atoms with E-state index in [0.29, 0.717) is 22.4 Å². The van der Waals surface area contributed by atoms with Gasteiger partial charge in [0, 0.05) is 17.5 Å². The molecule has 3 aromatic carbocycles. The maximum atomic E-state index is 13.0. The summed E-state index contributed by atoms with van der Waals surface area (Å²) >= 11 is 5.07. The number of aromatic nitrogens is 2. The van der Waals surface area contributed by atoms with Gasteiger partial charge in [0.15, 0.2) is 5.82 Å². The topological polar surface area (TPSA) is 82.4 Å². The van der Waals surface area contributed by atoms with E-state index in [-0.39, 0.29) is 22.2 Å². The first kappa shape index (κ1) is 29.5. The Kier molecular flexibility index (Phi) is 8.96. The van der Waals surface area contributed by atoms with Gasteiger partial charge in [0.1, 0.15) is 11.7 Å². The molecular weight excluding hydrogens is 618 g/mol. The van der Waals surface area contributed by atoms with Gasteiger partial charge in [0.25, 0.3) is 14.2 Å². The molecule has 0 aliphatic carbocycles. The number of nitrogens with zero attached hydrogens (tertiary/aromatic N) is 2. The molecule has 1 fully saturated rings. The Morgan fingerprint density at radius 1 is 1.02 bits per heavy atom. The fourth-order valence-corrected chi connectivity index (χ4v) is 11.2. The van der Waals surface area contributed by atoms with E-state index in [2.05, 4.69) is 95.5 Å². The summed E-state index contributed by atoms with van der Waals surface area (Å²) in [6, 6.07) is 29.7. The summed E-state index contributed by atoms with van der Waals surface area (Å²) in [5.74, 6) is 0.389. The normalized spacial score (nSPS) is 17.4. The van der Waals surface area contributed by atoms with Crippen molar-refractivity contribution in [1.29, 1.82) is 0 Å². The lowest BCUT2D eigenvalue weighted by Gasteiger charge is -2.43. The zero-order chi connectivity index (χ0) is 29.0. The molecule has 0 unspecified atom stereocenters. The number of amides is 1. The molecule has 41 heavy (non-hydrogen) atoms. The number of ether oxygens (including phenoxy) is 1. The number of halogens is 1. The second-order valence-corrected chi connectivity index (χ2v) is 17.1. The van der Waals surface area contributed by atoms with Gasteiger partial charge < -0.3 is 14.5 Å². The van der Waals surface area contributed by atoms with Crippen LogP contribution in [0.15, 0.2) is 106 Å². The quantitative estimate of drug-likeness (QED) is 0.257. The molecule has 212 valence electrons. The molecule has 4 aromatic rings. The molecule has 2 heterocycles. The molecular formula is C31H32BrN3O4SSi. The molecule has 1 saturated heterocycles. The number of thioether (sulfide) groups is 1. The minimum Gasteiger partial charge on any atom is -0.404 e. The zero-order valence-electron chi connectivity index (χ0n) is 23.1. The number of hydrogen-bond donors (Lipinski definition) is 1. The molecule has 1 aliphatic rings. The molecule has 10 heteroatoms. The Morgan fingerprint density at radius 3 is 2.15 bits per heavy atom. The fourth-order valence-electron chi connectivity index (χ4n) is 5.14. The number of benzene rings is 3. The molecule has 1 N–H and O–H groups in total. The molecule has 1 aliphatic heterocycles. The lowest BCUT2D eigenvalue weighted by Crippen LogP contribution is -2.67. The number of nitrogens with one attached hydrogen (secondary N) is 1. The third-order valence-electron chi connectivity index (χ3n) is 7.07. The Hall–Kier alpha value is -3.02. The summed E-state index contributed by atoms with van der Waals surface area (Å²) in [6.45, 7) is 7.10. The fraction of sp³-hybridized carbons (Fsp3) is 0.258. The Morgan fingerprint density at radius 2 is 1.59 bits per heavy atom. The van der Waals surface area contributed by atoms with Crippen LogP contribution in [0, 0.1) is 0 Å². The second kappa shape index (κ2) is 12.5. The largest absolute Gasteiger partial charge is 0.404 e. The van der Waals surface area contributed by atoms with Gasteiger partial charge in [-0.2, -0.15) is 4.98 Å². The summed E-state index contributed by atoms with van der Waals surface area (Å²) in [5, 5.41) is 4.96. The zero-order valence-corrected chi connectivity index (χ0v) is 26.5. The number of anilines is 1. The van der Waals surface area contributed by atoms with Crippen LogP contribution in [0.4, 0.5) is 5.82 Å². The molecule has 0 radical (unpaired) electrons. The molecule has 5 rings (SSSR count). The van der Waals surface area contributed by atoms with Crippen LogP contribution in [0.2, 0.25) is 5.04 Å². The monoisotopic (exact) mass is 649 g/mol. The van der Waals surface area contributed by atoms with Crippen LogP contribution in [0.3, 0.4) is 0 Å². The van der Waals surface area contributed by atoms with Crippen LogP contribution in [-0.2, 0) is 9.16 Å². The third-order valence-corrected chi connectivity index (χ3v) is 13.8. The van der Waals surface area contributed by atoms with Crippen LogP contribution in [0.1, 0.15) is 37.4 Å². The van der Waals surface area contributed by atoms with Crippen molar-refractivity contribution in [2.24, 2.45) is 0 Å². The van der Waals surface area contributed by atoms with Gasteiger partial charge >= 0.3 is 5.69 Å². The van der Waals surface area contributed by atoms with Crippen LogP contribution in [-0.4, -0.2) is 41.6 Å². The van der Waals surface area contributed by atoms with E-state index in [1.807, 2.05) is 18.2 Å². The van der Waals surface area contributed by atoms with E-state index in [9.17, 15) is 9.59 Å². The summed E-state index contributed by atoms with van der Waals surface area (Å²) < 4.78 is 15.3. The standard InChI is InChI=1S/C31H32BrN3O4SSi/c1-31(2,3)41(23-15-9-5-10-16-23,24-17-11-6-12-18-24)38-20-27-39-26(21-40-27)35-19-25(32)28(34-30(35)37)33-29(36)22-13-7-4-8-14-22/h4-19,26-27H,20-21H2,1-3H3,(H,33,34,36,37)/t26-,27+/m0/s1. The van der Waals surface area contributed by atoms with Crippen molar-refractivity contribution in [1.82, 2.24) is 9.55 Å². The van der Waals surface area contributed by atoms with E-state index in [4.69, 9.17) is 9.16 Å². The van der Waals surface area contributed by atoms with E-state index in [0.717, 1.165) is 0 Å². The molecule has 1 amide bonds. The minimum atomic E-state index is -2.71. The van der Waals surface area contributed by atoms with Crippen molar-refractivity contribution < 1.29 is 14.0 Å². The summed E-state index contributed by atoms with van der Waals surface area (Å²) in [6.07, 6.45) is 1.11. The average Bonchev–Trinajstić information content (AvgIpc) is 3.45. The van der Waals surface area contributed by atoms with Crippen molar-refractivity contribution in [3.05, 3.63) is 118 Å². The van der Waals surface area contributed by atoms with Gasteiger partial charge in [-0.15, -0.1) is 11.8 Å². The lowest BCUT2D eigenvalue weighted by atomic mass is 10.2. The number of carbonyl (C=O) groups is 1. The van der Waals surface area contributed by atoms with Gasteiger partial charge in [-0.3, -0.25) is 9.36 Å². The number of carbonyl (C=O) groups excluding carboxylic acids is 1. The predicted octanol–water partition coefficient (Wildman–Crippen LogP) is 5.42. The smallest absolute Gasteiger partial charge is 0.351 e. The van der Waals surface area contributed by atoms with Crippen molar-refractivity contribution >= 4 is 58.1 Å². The molecule has 0 saturated carbocycles. The van der Waals surface area contributed by atoms with Gasteiger partial charge in [-0.1, -0.05) is 99.6 Å². The van der Waals surface area contributed by atoms with Crippen molar-refractivity contribution in [3.63, 3.8) is 0 Å². The first-order chi connectivity index (χ1) is 19.7. The highest BCUT2D eigenvalue weighted by molar-refractivity contribution is 9.10. The molecule has 7 nitrogen and oxygen atoms in total. The first-order valence-electron chi connectivity index (χ1n) is 13.4. The van der Waals surface area contributed by atoms with Gasteiger partial charge in [0.2, 0.25) is 0 Å². The Balaban J connectivity index is 1.33. The number of rotatable bonds is 8. The maximum Gasteiger partial charge on any atom is 0.351 e. The van der Waals surface area contributed by atoms with Crippen molar-refractivity contribution in [2.75, 3.05) is 17.7 Å². The van der Waals surface area contributed by atoms with Crippen LogP contribution >= 0.6 is 27.7 Å². The summed E-state index contributed by atoms with van der Waals surface area (Å²) in [7, 11) is -2.71. The minimum absolute atomic E-state index is 0.149. The first-order valence-corrected chi connectivity index (χ1v) is 17.1. The maximum absolute atomic E-state index is 13.0. The highest BCUT2D eigenvalue weighted by atomic mass is 79.9. The van der Waals surface area contributed by atoms with Crippen LogP contribution < -0.4 is 21.4 Å². The molecule has 0 spiro atoms. The highest BCUT2D eigenvalue weighted by Crippen LogP contribution is 2.39. The van der Waals surface area contributed by atoms with Crippen molar-refractivity contribution in [2.45, 2.75) is 37.5 Å². The van der Waals surface area contributed by atoms with E-state index >= 15 is 0 Å². The van der Waals surface area contributed by atoms with E-state index < -0.39 is 20.2 Å². The van der Waals surface area contributed by atoms with Crippen LogP contribution in [0.25, 0.3) is 0 Å². The summed E-state index contributed by atoms with van der Waals surface area (Å²) in [5.41, 5.74) is -0.287. The van der Waals surface area contributed by atoms with Gasteiger partial charge in [0.05, 0.1) is 11.1 Å². The average molecular weight is 651 g/mol. The van der Waals surface area contributed by atoms with Gasteiger partial charge in [-0.25, -0.2) is 4.79 Å². The van der Waals surface area contributed by atoms with Crippen LogP contribution in [0.5, 0.6) is 0 Å². The van der Waals surface area contributed by atoms with Crippen molar-refractivity contribution in [3.8, 4) is 0 Å². The SMILES string of the molecule is CC(C)(C)[Si](OC[C@@H]1O[C@H](n2cc(Br)c(NC(=O)c3ccccc3)nc2=O)CS1)(c1ccccc1)c1ccccc1. The summed E-state index contributed by atoms with van der Waals surface area (Å²) in [4.78, 5) is 29.7. The predicted molar refractivity (Wildman–Crippen MR) is 171 cm³/mol. The highest BCUT2D eigenvalue weighted by Gasteiger charge is 2.50. The molecule has 2 atom stereocenters. The molecule has 1 aromatic heterocycles. The van der Waals surface area contributed by atoms with E-state index in [1.165, 1.54) is 14.9 Å². The Bertz CT molecular complexity index is 1510. The van der Waals surface area contributed by atoms with E-state index in [1.54, 1.807) is 42.2 Å². The van der Waals surface area contributed by atoms with Gasteiger partial charge in [-0.05, 0) is 43.5 Å². The number of hydrogen-bond acceptors (Lipinski definition) is 6. The lowest BCUT2D eigenvalue weighted by molar-refractivity contribution is -0.00359. The molecule has 0 bridgehead atoms.